The van der Waals surface area contributed by atoms with Gasteiger partial charge < -0.3 is 21.3 Å². The van der Waals surface area contributed by atoms with Crippen LogP contribution < -0.4 is 43.0 Å². The maximum absolute atomic E-state index is 5.26. The van der Waals surface area contributed by atoms with E-state index >= 15 is 0 Å². The molecule has 0 unspecified atom stereocenters. The molecule has 0 aliphatic rings. The van der Waals surface area contributed by atoms with Crippen molar-refractivity contribution in [3.8, 4) is 0 Å². The van der Waals surface area contributed by atoms with Gasteiger partial charge in [0.05, 0.1) is 22.8 Å². The quantitative estimate of drug-likeness (QED) is 0.0787. The molecule has 0 radical (unpaired) electrons. The number of hydrogen-bond donors (Lipinski definition) is 8. The Morgan fingerprint density at radius 2 is 0.762 bits per heavy atom. The number of anilines is 2. The van der Waals surface area contributed by atoms with Gasteiger partial charge in [-0.1, -0.05) is 36.4 Å². The number of benzene rings is 2. The first-order valence-corrected chi connectivity index (χ1v) is 14.3. The Balaban J connectivity index is 1.63. The Morgan fingerprint density at radius 1 is 0.476 bits per heavy atom. The van der Waals surface area contributed by atoms with Crippen LogP contribution in [-0.4, -0.2) is 56.4 Å². The second-order valence-corrected chi connectivity index (χ2v) is 10.0. The molecule has 16 heteroatoms. The van der Waals surface area contributed by atoms with Crippen LogP contribution in [0.3, 0.4) is 0 Å². The van der Waals surface area contributed by atoms with Crippen molar-refractivity contribution in [1.82, 2.24) is 32.3 Å². The highest BCUT2D eigenvalue weighted by atomic mass is 32.1. The molecule has 0 bridgehead atoms. The van der Waals surface area contributed by atoms with Crippen molar-refractivity contribution in [3.63, 3.8) is 0 Å². The minimum atomic E-state index is 0.352. The van der Waals surface area contributed by atoms with Gasteiger partial charge in [-0.05, 0) is 101 Å². The lowest BCUT2D eigenvalue weighted by atomic mass is 10.3. The lowest BCUT2D eigenvalue weighted by Crippen LogP contribution is -2.41. The molecule has 0 saturated carbocycles. The minimum absolute atomic E-state index is 0.352. The summed E-state index contributed by atoms with van der Waals surface area (Å²) < 4.78 is 0. The fraction of sp³-hybridized carbons (Fsp3) is 0.231. The van der Waals surface area contributed by atoms with Gasteiger partial charge in [-0.15, -0.1) is 0 Å². The monoisotopic (exact) mass is 642 g/mol. The Morgan fingerprint density at radius 3 is 1.07 bits per heavy atom. The zero-order chi connectivity index (χ0) is 30.7. The Kier molecular flexibility index (Phi) is 15.5. The number of para-hydroxylation sites is 2. The van der Waals surface area contributed by atoms with E-state index in [4.69, 9.17) is 48.9 Å². The number of hydrogen-bond acceptors (Lipinski definition) is 8. The molecule has 0 aliphatic heterocycles. The summed E-state index contributed by atoms with van der Waals surface area (Å²) in [7, 11) is 0. The van der Waals surface area contributed by atoms with E-state index in [9.17, 15) is 0 Å². The van der Waals surface area contributed by atoms with Crippen molar-refractivity contribution in [2.24, 2.45) is 20.4 Å². The van der Waals surface area contributed by atoms with E-state index in [0.717, 1.165) is 11.4 Å². The number of rotatable bonds is 11. The summed E-state index contributed by atoms with van der Waals surface area (Å²) in [6, 6.07) is 19.1. The molecule has 0 aliphatic carbocycles. The molecule has 42 heavy (non-hydrogen) atoms. The Bertz CT molecular complexity index is 1240. The second kappa shape index (κ2) is 19.1. The molecule has 0 spiro atoms. The lowest BCUT2D eigenvalue weighted by Gasteiger charge is -2.11. The lowest BCUT2D eigenvalue weighted by molar-refractivity contribution is 0.783. The first kappa shape index (κ1) is 34.1. The van der Waals surface area contributed by atoms with Crippen molar-refractivity contribution in [3.05, 3.63) is 60.7 Å². The van der Waals surface area contributed by atoms with E-state index in [1.807, 2.05) is 60.7 Å². The highest BCUT2D eigenvalue weighted by Crippen LogP contribution is 2.05. The van der Waals surface area contributed by atoms with Gasteiger partial charge in [0.25, 0.3) is 0 Å². The highest BCUT2D eigenvalue weighted by molar-refractivity contribution is 7.81. The van der Waals surface area contributed by atoms with Gasteiger partial charge >= 0.3 is 0 Å². The average Bonchev–Trinajstić information content (AvgIpc) is 2.99. The van der Waals surface area contributed by atoms with E-state index in [1.54, 1.807) is 27.7 Å². The van der Waals surface area contributed by atoms with E-state index in [1.165, 1.54) is 0 Å². The summed E-state index contributed by atoms with van der Waals surface area (Å²) >= 11 is 21.0. The third kappa shape index (κ3) is 14.5. The van der Waals surface area contributed by atoms with Crippen LogP contribution in [0.1, 0.15) is 27.7 Å². The fourth-order valence-electron chi connectivity index (χ4n) is 2.65. The van der Waals surface area contributed by atoms with Crippen LogP contribution in [0, 0.1) is 0 Å². The zero-order valence-corrected chi connectivity index (χ0v) is 26.9. The predicted octanol–water partition coefficient (Wildman–Crippen LogP) is 3.39. The molecule has 0 fully saturated rings. The van der Waals surface area contributed by atoms with E-state index in [2.05, 4.69) is 63.4 Å². The summed E-state index contributed by atoms with van der Waals surface area (Å²) in [4.78, 5) is 0. The number of nitrogens with one attached hydrogen (secondary N) is 8. The zero-order valence-electron chi connectivity index (χ0n) is 23.6. The molecule has 2 aromatic carbocycles. The van der Waals surface area contributed by atoms with Gasteiger partial charge in [0.15, 0.2) is 20.4 Å². The third-order valence-corrected chi connectivity index (χ3v) is 5.97. The Labute approximate surface area is 267 Å². The van der Waals surface area contributed by atoms with Gasteiger partial charge in [-0.2, -0.15) is 20.4 Å². The molecule has 12 nitrogen and oxygen atoms in total. The molecule has 0 amide bonds. The predicted molar refractivity (Wildman–Crippen MR) is 192 cm³/mol. The smallest absolute Gasteiger partial charge is 0.191 e. The van der Waals surface area contributed by atoms with Crippen molar-refractivity contribution in [1.29, 1.82) is 0 Å². The normalized spacial score (nSPS) is 12.0. The first-order valence-electron chi connectivity index (χ1n) is 12.6. The topological polar surface area (TPSA) is 146 Å². The SMILES string of the molecule is CC(=N\NC(=S)NCCNC(=S)N/N=C(C)/C(C)=N/NC(=S)Nc1ccccc1)/C(C)=N/NC(=S)Nc1ccccc1. The van der Waals surface area contributed by atoms with Crippen LogP contribution in [0.2, 0.25) is 0 Å². The number of thiocarbonyl (C=S) groups is 4. The molecular formula is C26H34N12S4. The maximum atomic E-state index is 5.26. The van der Waals surface area contributed by atoms with Crippen LogP contribution in [0.15, 0.2) is 81.1 Å². The molecule has 0 saturated heterocycles. The molecule has 2 rings (SSSR count). The molecule has 0 aromatic heterocycles. The highest BCUT2D eigenvalue weighted by Gasteiger charge is 2.02. The first-order chi connectivity index (χ1) is 20.1. The van der Waals surface area contributed by atoms with E-state index in [0.29, 0.717) is 56.4 Å². The van der Waals surface area contributed by atoms with Gasteiger partial charge in [0, 0.05) is 24.5 Å². The van der Waals surface area contributed by atoms with Crippen LogP contribution in [0.25, 0.3) is 0 Å². The minimum Gasteiger partial charge on any atom is -0.360 e. The van der Waals surface area contributed by atoms with Crippen molar-refractivity contribution >= 4 is 104 Å². The summed E-state index contributed by atoms with van der Waals surface area (Å²) in [6.07, 6.45) is 0. The molecule has 2 aromatic rings. The average molecular weight is 643 g/mol. The molecule has 8 N–H and O–H groups in total. The number of hydrazone groups is 4. The fourth-order valence-corrected chi connectivity index (χ4v) is 3.28. The van der Waals surface area contributed by atoms with Gasteiger partial charge in [0.1, 0.15) is 0 Å². The van der Waals surface area contributed by atoms with Gasteiger partial charge in [-0.25, -0.2) is 0 Å². The molecule has 0 atom stereocenters. The van der Waals surface area contributed by atoms with Crippen LogP contribution >= 0.6 is 48.9 Å². The molecular weight excluding hydrogens is 609 g/mol. The molecule has 222 valence electrons. The van der Waals surface area contributed by atoms with Gasteiger partial charge in [-0.3, -0.25) is 21.7 Å². The summed E-state index contributed by atoms with van der Waals surface area (Å²) in [5.41, 5.74) is 15.4. The Hall–Kier alpha value is -4.12. The maximum Gasteiger partial charge on any atom is 0.191 e. The summed E-state index contributed by atoms with van der Waals surface area (Å²) in [6.45, 7) is 8.20. The second-order valence-electron chi connectivity index (χ2n) is 8.39. The van der Waals surface area contributed by atoms with Crippen molar-refractivity contribution in [2.75, 3.05) is 23.7 Å². The van der Waals surface area contributed by atoms with Gasteiger partial charge in [0.2, 0.25) is 0 Å². The van der Waals surface area contributed by atoms with E-state index < -0.39 is 0 Å². The van der Waals surface area contributed by atoms with Crippen LogP contribution in [0.4, 0.5) is 11.4 Å². The standard InChI is InChI=1S/C26H34N12S4/c1-17(19(3)33-37-25(41)29-21-11-7-5-8-12-21)31-35-23(39)27-15-16-28-24(40)36-32-18(2)20(4)34-38-26(42)30-22-13-9-6-10-14-22/h5-14H,15-16H2,1-4H3,(H2,27,35,39)(H2,28,36,40)(H2,29,37,41)(H2,30,38,42)/b31-17+,32-18+,33-19+,34-20+. The molecule has 0 heterocycles. The van der Waals surface area contributed by atoms with Crippen LogP contribution in [-0.2, 0) is 0 Å². The summed E-state index contributed by atoms with van der Waals surface area (Å²) in [5, 5.41) is 30.5. The van der Waals surface area contributed by atoms with Crippen molar-refractivity contribution < 1.29 is 0 Å². The number of nitrogens with zero attached hydrogens (tertiary/aromatic N) is 4. The summed E-state index contributed by atoms with van der Waals surface area (Å²) in [5.74, 6) is 0. The van der Waals surface area contributed by atoms with Crippen molar-refractivity contribution in [2.45, 2.75) is 27.7 Å². The van der Waals surface area contributed by atoms with Crippen LogP contribution in [0.5, 0.6) is 0 Å². The van der Waals surface area contributed by atoms with E-state index in [-0.39, 0.29) is 0 Å². The largest absolute Gasteiger partial charge is 0.360 e. The third-order valence-electron chi connectivity index (χ3n) is 5.11.